The molecule has 120 valence electrons. The first-order valence-electron chi connectivity index (χ1n) is 7.11. The van der Waals surface area contributed by atoms with Gasteiger partial charge in [0.15, 0.2) is 0 Å². The van der Waals surface area contributed by atoms with Crippen LogP contribution in [-0.2, 0) is 14.3 Å². The van der Waals surface area contributed by atoms with Crippen molar-refractivity contribution in [2.75, 3.05) is 32.6 Å². The number of nitrogens with zero attached hydrogens (tertiary/aromatic N) is 2. The fourth-order valence-corrected chi connectivity index (χ4v) is 2.59. The van der Waals surface area contributed by atoms with Gasteiger partial charge in [0.2, 0.25) is 17.7 Å². The van der Waals surface area contributed by atoms with E-state index in [0.29, 0.717) is 31.1 Å². The molecule has 2 atom stereocenters. The molecule has 1 saturated heterocycles. The summed E-state index contributed by atoms with van der Waals surface area (Å²) in [7, 11) is 3.14. The molecule has 0 aliphatic carbocycles. The molecule has 1 N–H and O–H groups in total. The Morgan fingerprint density at radius 2 is 2.14 bits per heavy atom. The molecule has 7 heteroatoms. The molecular weight excluding hydrogens is 286 g/mol. The summed E-state index contributed by atoms with van der Waals surface area (Å²) in [5.41, 5.74) is 0.612. The lowest BCUT2D eigenvalue weighted by Crippen LogP contribution is -2.27. The van der Waals surface area contributed by atoms with Gasteiger partial charge in [0.1, 0.15) is 0 Å². The maximum absolute atomic E-state index is 12.1. The van der Waals surface area contributed by atoms with Gasteiger partial charge < -0.3 is 19.7 Å². The third-order valence-electron chi connectivity index (χ3n) is 3.81. The van der Waals surface area contributed by atoms with Crippen LogP contribution in [0, 0.1) is 5.92 Å². The molecular formula is C15H21N3O4. The molecule has 1 aliphatic heterocycles. The highest BCUT2D eigenvalue weighted by molar-refractivity contribution is 5.90. The van der Waals surface area contributed by atoms with E-state index in [-0.39, 0.29) is 23.8 Å². The Morgan fingerprint density at radius 1 is 1.36 bits per heavy atom. The maximum Gasteiger partial charge on any atom is 0.224 e. The standard InChI is InChI=1S/C15H21N3O4/c1-10(19)18-8-11(13(9-18)21-2)6-14(20)17-12-4-5-15(22-3)16-7-12/h4-5,7,11,13H,6,8-9H2,1-3H3,(H,17,20)/t11-,13-/m0/s1. The minimum absolute atomic E-state index is 0.0000996. The molecule has 0 spiro atoms. The van der Waals surface area contributed by atoms with E-state index in [2.05, 4.69) is 10.3 Å². The largest absolute Gasteiger partial charge is 0.481 e. The summed E-state index contributed by atoms with van der Waals surface area (Å²) >= 11 is 0. The van der Waals surface area contributed by atoms with Crippen molar-refractivity contribution in [1.82, 2.24) is 9.88 Å². The fourth-order valence-electron chi connectivity index (χ4n) is 2.59. The summed E-state index contributed by atoms with van der Waals surface area (Å²) in [5, 5.41) is 2.79. The van der Waals surface area contributed by atoms with Crippen LogP contribution in [0.4, 0.5) is 5.69 Å². The average Bonchev–Trinajstić information content (AvgIpc) is 2.91. The van der Waals surface area contributed by atoms with E-state index < -0.39 is 0 Å². The number of hydrogen-bond donors (Lipinski definition) is 1. The third-order valence-corrected chi connectivity index (χ3v) is 3.81. The Morgan fingerprint density at radius 3 is 2.68 bits per heavy atom. The summed E-state index contributed by atoms with van der Waals surface area (Å²) in [6, 6.07) is 3.41. The lowest BCUT2D eigenvalue weighted by Gasteiger charge is -2.15. The Hall–Kier alpha value is -2.15. The summed E-state index contributed by atoms with van der Waals surface area (Å²) in [6.07, 6.45) is 1.73. The molecule has 1 aromatic rings. The summed E-state index contributed by atoms with van der Waals surface area (Å²) < 4.78 is 10.3. The van der Waals surface area contributed by atoms with E-state index in [9.17, 15) is 9.59 Å². The number of anilines is 1. The molecule has 2 heterocycles. The lowest BCUT2D eigenvalue weighted by atomic mass is 10.0. The van der Waals surface area contributed by atoms with Crippen molar-refractivity contribution in [3.05, 3.63) is 18.3 Å². The van der Waals surface area contributed by atoms with E-state index in [1.54, 1.807) is 30.3 Å². The molecule has 0 radical (unpaired) electrons. The average molecular weight is 307 g/mol. The number of methoxy groups -OCH3 is 2. The van der Waals surface area contributed by atoms with Crippen LogP contribution in [0.25, 0.3) is 0 Å². The third kappa shape index (κ3) is 3.94. The lowest BCUT2D eigenvalue weighted by molar-refractivity contribution is -0.128. The molecule has 2 rings (SSSR count). The number of carbonyl (C=O) groups is 2. The molecule has 2 amide bonds. The van der Waals surface area contributed by atoms with Gasteiger partial charge in [0.25, 0.3) is 0 Å². The first-order valence-corrected chi connectivity index (χ1v) is 7.11. The number of rotatable bonds is 5. The molecule has 0 saturated carbocycles. The quantitative estimate of drug-likeness (QED) is 0.874. The fraction of sp³-hybridized carbons (Fsp3) is 0.533. The van der Waals surface area contributed by atoms with E-state index >= 15 is 0 Å². The topological polar surface area (TPSA) is 80.8 Å². The van der Waals surface area contributed by atoms with Gasteiger partial charge in [0.05, 0.1) is 25.1 Å². The van der Waals surface area contributed by atoms with Crippen LogP contribution >= 0.6 is 0 Å². The van der Waals surface area contributed by atoms with E-state index in [0.717, 1.165) is 0 Å². The van der Waals surface area contributed by atoms with Gasteiger partial charge in [-0.2, -0.15) is 0 Å². The van der Waals surface area contributed by atoms with Gasteiger partial charge in [0, 0.05) is 45.5 Å². The van der Waals surface area contributed by atoms with E-state index in [1.165, 1.54) is 14.0 Å². The molecule has 1 fully saturated rings. The number of ether oxygens (including phenoxy) is 2. The molecule has 1 aliphatic rings. The molecule has 0 unspecified atom stereocenters. The van der Waals surface area contributed by atoms with Gasteiger partial charge in [-0.1, -0.05) is 0 Å². The highest BCUT2D eigenvalue weighted by Crippen LogP contribution is 2.23. The summed E-state index contributed by atoms with van der Waals surface area (Å²) in [6.45, 7) is 2.61. The predicted molar refractivity (Wildman–Crippen MR) is 80.6 cm³/mol. The Bertz CT molecular complexity index is 532. The summed E-state index contributed by atoms with van der Waals surface area (Å²) in [5.74, 6) is 0.374. The van der Waals surface area contributed by atoms with Gasteiger partial charge in [-0.25, -0.2) is 4.98 Å². The van der Waals surface area contributed by atoms with Crippen molar-refractivity contribution < 1.29 is 19.1 Å². The van der Waals surface area contributed by atoms with Crippen LogP contribution in [0.5, 0.6) is 5.88 Å². The van der Waals surface area contributed by atoms with Crippen LogP contribution in [0.3, 0.4) is 0 Å². The number of pyridine rings is 1. The number of likely N-dealkylation sites (tertiary alicyclic amines) is 1. The zero-order chi connectivity index (χ0) is 16.1. The summed E-state index contributed by atoms with van der Waals surface area (Å²) in [4.78, 5) is 29.3. The normalized spacial score (nSPS) is 20.8. The highest BCUT2D eigenvalue weighted by Gasteiger charge is 2.35. The Labute approximate surface area is 129 Å². The van der Waals surface area contributed by atoms with Crippen molar-refractivity contribution in [1.29, 1.82) is 0 Å². The minimum Gasteiger partial charge on any atom is -0.481 e. The van der Waals surface area contributed by atoms with Crippen molar-refractivity contribution in [2.24, 2.45) is 5.92 Å². The zero-order valence-corrected chi connectivity index (χ0v) is 13.0. The molecule has 22 heavy (non-hydrogen) atoms. The number of nitrogens with one attached hydrogen (secondary N) is 1. The number of carbonyl (C=O) groups excluding carboxylic acids is 2. The van der Waals surface area contributed by atoms with Crippen LogP contribution in [0.2, 0.25) is 0 Å². The highest BCUT2D eigenvalue weighted by atomic mass is 16.5. The second kappa shape index (κ2) is 7.22. The van der Waals surface area contributed by atoms with Crippen LogP contribution < -0.4 is 10.1 Å². The van der Waals surface area contributed by atoms with Crippen molar-refractivity contribution in [3.63, 3.8) is 0 Å². The van der Waals surface area contributed by atoms with Gasteiger partial charge in [-0.15, -0.1) is 0 Å². The molecule has 7 nitrogen and oxygen atoms in total. The first-order chi connectivity index (χ1) is 10.5. The molecule has 0 aromatic carbocycles. The van der Waals surface area contributed by atoms with Crippen LogP contribution in [0.1, 0.15) is 13.3 Å². The van der Waals surface area contributed by atoms with E-state index in [1.807, 2.05) is 0 Å². The minimum atomic E-state index is -0.121. The zero-order valence-electron chi connectivity index (χ0n) is 13.0. The molecule has 0 bridgehead atoms. The number of aromatic nitrogens is 1. The smallest absolute Gasteiger partial charge is 0.224 e. The van der Waals surface area contributed by atoms with Gasteiger partial charge in [-0.3, -0.25) is 9.59 Å². The van der Waals surface area contributed by atoms with Gasteiger partial charge >= 0.3 is 0 Å². The number of amides is 2. The van der Waals surface area contributed by atoms with Crippen LogP contribution in [-0.4, -0.2) is 55.1 Å². The van der Waals surface area contributed by atoms with Crippen molar-refractivity contribution >= 4 is 17.5 Å². The van der Waals surface area contributed by atoms with Gasteiger partial charge in [-0.05, 0) is 6.07 Å². The molecule has 1 aromatic heterocycles. The Kier molecular flexibility index (Phi) is 5.32. The Balaban J connectivity index is 1.91. The van der Waals surface area contributed by atoms with Crippen LogP contribution in [0.15, 0.2) is 18.3 Å². The predicted octanol–water partition coefficient (Wildman–Crippen LogP) is 0.912. The second-order valence-electron chi connectivity index (χ2n) is 5.30. The SMILES string of the molecule is COc1ccc(NC(=O)C[C@H]2CN(C(C)=O)C[C@@H]2OC)cn1. The van der Waals surface area contributed by atoms with Crippen molar-refractivity contribution in [3.8, 4) is 5.88 Å². The van der Waals surface area contributed by atoms with E-state index in [4.69, 9.17) is 9.47 Å². The number of hydrogen-bond acceptors (Lipinski definition) is 5. The van der Waals surface area contributed by atoms with Crippen molar-refractivity contribution in [2.45, 2.75) is 19.4 Å². The second-order valence-corrected chi connectivity index (χ2v) is 5.30. The first kappa shape index (κ1) is 16.2. The maximum atomic E-state index is 12.1. The monoisotopic (exact) mass is 307 g/mol.